The van der Waals surface area contributed by atoms with E-state index in [1.165, 1.54) is 4.57 Å². The van der Waals surface area contributed by atoms with Crippen molar-refractivity contribution in [2.24, 2.45) is 24.6 Å². The molecule has 1 saturated heterocycles. The average molecular weight is 546 g/mol. The molecule has 0 unspecified atom stereocenters. The first-order chi connectivity index (χ1) is 18.1. The van der Waals surface area contributed by atoms with Crippen LogP contribution >= 0.6 is 11.6 Å². The Kier molecular flexibility index (Phi) is 6.10. The molecule has 1 saturated carbocycles. The number of hydrogen-bond acceptors (Lipinski definition) is 8. The Labute approximate surface area is 223 Å². The third-order valence-electron chi connectivity index (χ3n) is 7.58. The van der Waals surface area contributed by atoms with Crippen LogP contribution in [0.15, 0.2) is 29.2 Å². The van der Waals surface area contributed by atoms with E-state index in [-0.39, 0.29) is 23.4 Å². The summed E-state index contributed by atoms with van der Waals surface area (Å²) in [5, 5.41) is 7.15. The van der Waals surface area contributed by atoms with Crippen molar-refractivity contribution in [1.82, 2.24) is 14.5 Å². The third kappa shape index (κ3) is 4.51. The number of nitrogens with zero attached hydrogens (tertiary/aromatic N) is 4. The summed E-state index contributed by atoms with van der Waals surface area (Å²) in [4.78, 5) is 24.1. The van der Waals surface area contributed by atoms with Gasteiger partial charge in [0.15, 0.2) is 12.4 Å². The summed E-state index contributed by atoms with van der Waals surface area (Å²) < 4.78 is 36.7. The van der Waals surface area contributed by atoms with Crippen LogP contribution in [0.5, 0.6) is 5.75 Å². The van der Waals surface area contributed by atoms with Crippen LogP contribution in [0.3, 0.4) is 0 Å². The van der Waals surface area contributed by atoms with Gasteiger partial charge in [0, 0.05) is 37.3 Å². The van der Waals surface area contributed by atoms with Crippen LogP contribution in [0.4, 0.5) is 31.9 Å². The van der Waals surface area contributed by atoms with Gasteiger partial charge in [-0.05, 0) is 49.3 Å². The molecule has 2 fully saturated rings. The number of hydrogen-bond donors (Lipinski definition) is 3. The maximum Gasteiger partial charge on any atom is 0.301 e. The van der Waals surface area contributed by atoms with Gasteiger partial charge in [0.25, 0.3) is 5.56 Å². The summed E-state index contributed by atoms with van der Waals surface area (Å²) in [5.41, 5.74) is 7.23. The van der Waals surface area contributed by atoms with E-state index in [1.54, 1.807) is 31.4 Å². The summed E-state index contributed by atoms with van der Waals surface area (Å²) in [7, 11) is 1.60. The highest BCUT2D eigenvalue weighted by molar-refractivity contribution is 6.32. The van der Waals surface area contributed by atoms with Crippen molar-refractivity contribution >= 4 is 45.6 Å². The normalized spacial score (nSPS) is 24.8. The van der Waals surface area contributed by atoms with Crippen LogP contribution in [0, 0.1) is 11.8 Å². The molecule has 3 aromatic rings. The van der Waals surface area contributed by atoms with Crippen molar-refractivity contribution in [2.45, 2.75) is 44.2 Å². The molecule has 9 nitrogen and oxygen atoms in total. The molecule has 1 aliphatic carbocycles. The molecule has 0 bridgehead atoms. The van der Waals surface area contributed by atoms with Gasteiger partial charge in [0.2, 0.25) is 11.7 Å². The Morgan fingerprint density at radius 1 is 1.29 bits per heavy atom. The first-order valence-electron chi connectivity index (χ1n) is 12.8. The minimum Gasteiger partial charge on any atom is -0.480 e. The summed E-state index contributed by atoms with van der Waals surface area (Å²) in [6, 6.07) is 4.27. The fraction of sp³-hybridized carbons (Fsp3) is 0.500. The predicted molar refractivity (Wildman–Crippen MR) is 144 cm³/mol. The highest BCUT2D eigenvalue weighted by atomic mass is 35.5. The van der Waals surface area contributed by atoms with E-state index in [9.17, 15) is 13.6 Å². The number of benzene rings is 1. The molecule has 1 aromatic carbocycles. The molecule has 12 heteroatoms. The number of piperidine rings is 1. The van der Waals surface area contributed by atoms with Crippen LogP contribution in [-0.4, -0.2) is 52.2 Å². The number of fused-ring (bicyclic) bond motifs is 3. The van der Waals surface area contributed by atoms with Crippen molar-refractivity contribution in [2.75, 3.05) is 35.2 Å². The van der Waals surface area contributed by atoms with Crippen LogP contribution in [0.2, 0.25) is 5.02 Å². The molecule has 3 atom stereocenters. The quantitative estimate of drug-likeness (QED) is 0.449. The molecular formula is C26H30ClF2N7O2. The molecule has 3 aliphatic rings. The van der Waals surface area contributed by atoms with Gasteiger partial charge in [0.05, 0.1) is 23.4 Å². The smallest absolute Gasteiger partial charge is 0.301 e. The maximum atomic E-state index is 14.9. The van der Waals surface area contributed by atoms with E-state index in [0.717, 1.165) is 13.0 Å². The lowest BCUT2D eigenvalue weighted by Crippen LogP contribution is -2.47. The number of nitrogens with one attached hydrogen (secondary N) is 2. The summed E-state index contributed by atoms with van der Waals surface area (Å²) in [6.45, 7) is 2.75. The van der Waals surface area contributed by atoms with Crippen LogP contribution in [-0.2, 0) is 7.05 Å². The van der Waals surface area contributed by atoms with Gasteiger partial charge in [-0.25, -0.2) is 13.8 Å². The van der Waals surface area contributed by atoms with Gasteiger partial charge in [-0.1, -0.05) is 18.5 Å². The van der Waals surface area contributed by atoms with E-state index in [0.29, 0.717) is 58.7 Å². The molecule has 6 rings (SSSR count). The van der Waals surface area contributed by atoms with Crippen molar-refractivity contribution < 1.29 is 13.5 Å². The number of halogens is 3. The standard InChI is InChI=1S/C26H30ClF2N7O2/c1-13-7-15(30)11-36(10-13)25-31-9-18(27)23(34-25)32-16-5-6-19-17(8-16)20-21(24(37)35(19)2)38-12-26(28,29)22(33-20)14-3-4-14/h5-6,8-9,13-15,22,33H,3-4,7,10-12,30H2,1-2H3,(H,31,32,34)/t13-,15+,22+/m1/s1. The van der Waals surface area contributed by atoms with E-state index < -0.39 is 24.1 Å². The largest absolute Gasteiger partial charge is 0.480 e. The molecule has 0 amide bonds. The van der Waals surface area contributed by atoms with E-state index in [4.69, 9.17) is 22.1 Å². The fourth-order valence-electron chi connectivity index (χ4n) is 5.58. The van der Waals surface area contributed by atoms with Crippen LogP contribution < -0.4 is 31.6 Å². The predicted octanol–water partition coefficient (Wildman–Crippen LogP) is 4.12. The Morgan fingerprint density at radius 2 is 2.08 bits per heavy atom. The number of aromatic nitrogens is 3. The first-order valence-corrected chi connectivity index (χ1v) is 13.2. The molecule has 4 heterocycles. The topological polar surface area (TPSA) is 110 Å². The molecule has 4 N–H and O–H groups in total. The molecule has 38 heavy (non-hydrogen) atoms. The van der Waals surface area contributed by atoms with Crippen molar-refractivity contribution in [3.63, 3.8) is 0 Å². The van der Waals surface area contributed by atoms with E-state index >= 15 is 0 Å². The summed E-state index contributed by atoms with van der Waals surface area (Å²) >= 11 is 6.44. The lowest BCUT2D eigenvalue weighted by molar-refractivity contribution is -0.0579. The molecular weight excluding hydrogens is 516 g/mol. The second kappa shape index (κ2) is 9.23. The maximum absolute atomic E-state index is 14.9. The van der Waals surface area contributed by atoms with E-state index in [1.807, 2.05) is 0 Å². The second-order valence-electron chi connectivity index (χ2n) is 10.8. The van der Waals surface area contributed by atoms with Crippen LogP contribution in [0.1, 0.15) is 26.2 Å². The van der Waals surface area contributed by atoms with Crippen molar-refractivity contribution in [3.8, 4) is 5.75 Å². The molecule has 0 radical (unpaired) electrons. The zero-order chi connectivity index (χ0) is 26.8. The number of alkyl halides is 2. The lowest BCUT2D eigenvalue weighted by atomic mass is 9.97. The van der Waals surface area contributed by atoms with Crippen molar-refractivity contribution in [3.05, 3.63) is 39.8 Å². The molecule has 0 spiro atoms. The number of aryl methyl sites for hydroxylation is 1. The minimum absolute atomic E-state index is 0.0402. The number of ether oxygens (including phenoxy) is 1. The molecule has 2 aliphatic heterocycles. The highest BCUT2D eigenvalue weighted by Gasteiger charge is 2.51. The molecule has 2 aromatic heterocycles. The van der Waals surface area contributed by atoms with E-state index in [2.05, 4.69) is 32.4 Å². The van der Waals surface area contributed by atoms with Crippen molar-refractivity contribution in [1.29, 1.82) is 0 Å². The monoisotopic (exact) mass is 545 g/mol. The zero-order valence-electron chi connectivity index (χ0n) is 21.2. The highest BCUT2D eigenvalue weighted by Crippen LogP contribution is 2.45. The Morgan fingerprint density at radius 3 is 2.82 bits per heavy atom. The number of rotatable bonds is 4. The Balaban J connectivity index is 1.38. The zero-order valence-corrected chi connectivity index (χ0v) is 21.9. The van der Waals surface area contributed by atoms with Gasteiger partial charge < -0.3 is 30.6 Å². The third-order valence-corrected chi connectivity index (χ3v) is 7.86. The SMILES string of the molecule is C[C@@H]1C[C@H](N)CN(c2ncc(Cl)c(Nc3ccc4c(c3)c3c(c(=O)n4C)OCC(F)(F)[C@H](C4CC4)N3)n2)C1. The second-order valence-corrected chi connectivity index (χ2v) is 11.2. The van der Waals surface area contributed by atoms with Gasteiger partial charge in [0.1, 0.15) is 5.02 Å². The number of pyridine rings is 1. The summed E-state index contributed by atoms with van der Waals surface area (Å²) in [6.07, 6.45) is 3.93. The number of anilines is 4. The van der Waals surface area contributed by atoms with Gasteiger partial charge in [-0.3, -0.25) is 4.79 Å². The molecule has 202 valence electrons. The number of nitrogens with two attached hydrogens (primary N) is 1. The van der Waals surface area contributed by atoms with Gasteiger partial charge in [-0.15, -0.1) is 0 Å². The van der Waals surface area contributed by atoms with Crippen LogP contribution in [0.25, 0.3) is 10.9 Å². The Bertz CT molecular complexity index is 1450. The Hall–Kier alpha value is -3.18. The van der Waals surface area contributed by atoms with Gasteiger partial charge in [-0.2, -0.15) is 4.98 Å². The lowest BCUT2D eigenvalue weighted by Gasteiger charge is -2.34. The fourth-order valence-corrected chi connectivity index (χ4v) is 5.72. The first kappa shape index (κ1) is 25.1. The average Bonchev–Trinajstić information content (AvgIpc) is 3.71. The van der Waals surface area contributed by atoms with Gasteiger partial charge >= 0.3 is 5.92 Å². The summed E-state index contributed by atoms with van der Waals surface area (Å²) in [5.74, 6) is -2.02. The minimum atomic E-state index is -3.10.